The molecule has 7 heteroatoms. The molecule has 5 atom stereocenters. The van der Waals surface area contributed by atoms with Crippen molar-refractivity contribution in [3.63, 3.8) is 0 Å². The van der Waals surface area contributed by atoms with Gasteiger partial charge in [-0.05, 0) is 89.1 Å². The number of carbonyl (C=O) groups is 1. The number of nitrogens with two attached hydrogens (primary N) is 2. The van der Waals surface area contributed by atoms with Gasteiger partial charge in [-0.25, -0.2) is 0 Å². The van der Waals surface area contributed by atoms with Crippen LogP contribution in [0.3, 0.4) is 0 Å². The first-order valence-corrected chi connectivity index (χ1v) is 11.9. The Hall–Kier alpha value is -1.18. The van der Waals surface area contributed by atoms with E-state index in [0.717, 1.165) is 71.0 Å². The average molecular weight is 405 g/mol. The van der Waals surface area contributed by atoms with E-state index < -0.39 is 0 Å². The zero-order valence-electron chi connectivity index (χ0n) is 17.7. The molecule has 2 aliphatic carbocycles. The van der Waals surface area contributed by atoms with Crippen molar-refractivity contribution in [3.05, 3.63) is 0 Å². The second-order valence-corrected chi connectivity index (χ2v) is 10.1. The second-order valence-electron chi connectivity index (χ2n) is 10.1. The zero-order chi connectivity index (χ0) is 20.4. The normalized spacial score (nSPS) is 40.9. The standard InChI is InChI=1S/C22H40N6O/c23-17-5-7-18(8-6-17)27-22(29)20-10-15-3-4-16(21(24)25)11-19(15)28(20)13-14-2-1-9-26-12-14/h14-20,26H,1-13,23H2,(H3,24,25)(H,27,29). The van der Waals surface area contributed by atoms with Crippen molar-refractivity contribution in [1.82, 2.24) is 15.5 Å². The summed E-state index contributed by atoms with van der Waals surface area (Å²) in [4.78, 5) is 15.9. The zero-order valence-corrected chi connectivity index (χ0v) is 17.7. The van der Waals surface area contributed by atoms with Crippen LogP contribution in [0.25, 0.3) is 0 Å². The summed E-state index contributed by atoms with van der Waals surface area (Å²) in [5.41, 5.74) is 11.9. The van der Waals surface area contributed by atoms with Crippen molar-refractivity contribution >= 4 is 11.7 Å². The van der Waals surface area contributed by atoms with Crippen molar-refractivity contribution in [2.45, 2.75) is 88.4 Å². The summed E-state index contributed by atoms with van der Waals surface area (Å²) in [6.45, 7) is 3.16. The van der Waals surface area contributed by atoms with Crippen LogP contribution in [0, 0.1) is 23.2 Å². The number of piperidine rings is 1. The molecule has 0 spiro atoms. The Morgan fingerprint density at radius 2 is 1.90 bits per heavy atom. The molecule has 4 fully saturated rings. The number of fused-ring (bicyclic) bond motifs is 1. The molecule has 4 rings (SSSR count). The van der Waals surface area contributed by atoms with Gasteiger partial charge < -0.3 is 22.1 Å². The lowest BCUT2D eigenvalue weighted by molar-refractivity contribution is -0.127. The predicted molar refractivity (Wildman–Crippen MR) is 116 cm³/mol. The summed E-state index contributed by atoms with van der Waals surface area (Å²) >= 11 is 0. The molecule has 7 nitrogen and oxygen atoms in total. The number of carbonyl (C=O) groups excluding carboxylic acids is 1. The molecule has 2 saturated carbocycles. The van der Waals surface area contributed by atoms with Crippen molar-refractivity contribution in [3.8, 4) is 0 Å². The predicted octanol–water partition coefficient (Wildman–Crippen LogP) is 1.17. The maximum Gasteiger partial charge on any atom is 0.237 e. The van der Waals surface area contributed by atoms with Crippen LogP contribution >= 0.6 is 0 Å². The lowest BCUT2D eigenvalue weighted by Gasteiger charge is -2.39. The van der Waals surface area contributed by atoms with Crippen LogP contribution in [0.1, 0.15) is 64.2 Å². The van der Waals surface area contributed by atoms with E-state index in [9.17, 15) is 4.79 Å². The molecule has 0 bridgehead atoms. The van der Waals surface area contributed by atoms with Gasteiger partial charge in [-0.1, -0.05) is 0 Å². The van der Waals surface area contributed by atoms with Gasteiger partial charge >= 0.3 is 0 Å². The van der Waals surface area contributed by atoms with E-state index in [1.54, 1.807) is 0 Å². The average Bonchev–Trinajstić information content (AvgIpc) is 3.08. The molecular weight excluding hydrogens is 364 g/mol. The van der Waals surface area contributed by atoms with Crippen LogP contribution in [-0.2, 0) is 4.79 Å². The number of amidine groups is 1. The van der Waals surface area contributed by atoms with E-state index in [1.165, 1.54) is 12.8 Å². The molecule has 0 radical (unpaired) electrons. The number of hydrogen-bond donors (Lipinski definition) is 5. The third-order valence-electron chi connectivity index (χ3n) is 8.04. The minimum absolute atomic E-state index is 0.0202. The third-order valence-corrected chi connectivity index (χ3v) is 8.04. The van der Waals surface area contributed by atoms with Gasteiger partial charge in [0.05, 0.1) is 11.9 Å². The summed E-state index contributed by atoms with van der Waals surface area (Å²) in [5.74, 6) is 1.92. The molecule has 0 aromatic carbocycles. The fraction of sp³-hybridized carbons (Fsp3) is 0.909. The first kappa shape index (κ1) is 21.1. The van der Waals surface area contributed by atoms with Crippen molar-refractivity contribution in [2.75, 3.05) is 19.6 Å². The summed E-state index contributed by atoms with van der Waals surface area (Å²) in [6, 6.07) is 0.966. The van der Waals surface area contributed by atoms with E-state index in [-0.39, 0.29) is 23.9 Å². The van der Waals surface area contributed by atoms with Gasteiger partial charge in [0.25, 0.3) is 0 Å². The first-order valence-electron chi connectivity index (χ1n) is 11.9. The number of likely N-dealkylation sites (tertiary alicyclic amines) is 1. The van der Waals surface area contributed by atoms with Gasteiger partial charge in [0.1, 0.15) is 0 Å². The molecule has 0 aromatic rings. The van der Waals surface area contributed by atoms with Crippen LogP contribution < -0.4 is 22.1 Å². The van der Waals surface area contributed by atoms with Crippen molar-refractivity contribution in [1.29, 1.82) is 5.41 Å². The summed E-state index contributed by atoms with van der Waals surface area (Å²) in [6.07, 6.45) is 10.5. The Balaban J connectivity index is 1.44. The van der Waals surface area contributed by atoms with Crippen LogP contribution in [0.2, 0.25) is 0 Å². The molecule has 0 aromatic heterocycles. The van der Waals surface area contributed by atoms with Gasteiger partial charge in [-0.15, -0.1) is 0 Å². The van der Waals surface area contributed by atoms with Gasteiger partial charge in [-0.2, -0.15) is 0 Å². The van der Waals surface area contributed by atoms with Crippen molar-refractivity contribution in [2.24, 2.45) is 29.2 Å². The molecule has 164 valence electrons. The monoisotopic (exact) mass is 404 g/mol. The number of nitrogens with zero attached hydrogens (tertiary/aromatic N) is 1. The Bertz CT molecular complexity index is 584. The first-order chi connectivity index (χ1) is 14.0. The minimum Gasteiger partial charge on any atom is -0.387 e. The van der Waals surface area contributed by atoms with Gasteiger partial charge in [0.2, 0.25) is 5.91 Å². The molecule has 4 aliphatic rings. The third kappa shape index (κ3) is 4.94. The summed E-state index contributed by atoms with van der Waals surface area (Å²) < 4.78 is 0. The Morgan fingerprint density at radius 3 is 2.59 bits per heavy atom. The molecule has 2 aliphatic heterocycles. The topological polar surface area (TPSA) is 120 Å². The van der Waals surface area contributed by atoms with E-state index in [2.05, 4.69) is 15.5 Å². The highest BCUT2D eigenvalue weighted by molar-refractivity contribution is 5.83. The largest absolute Gasteiger partial charge is 0.387 e. The molecule has 5 unspecified atom stereocenters. The Kier molecular flexibility index (Phi) is 6.76. The maximum absolute atomic E-state index is 13.3. The van der Waals surface area contributed by atoms with Crippen LogP contribution in [-0.4, -0.2) is 60.4 Å². The molecule has 7 N–H and O–H groups in total. The quantitative estimate of drug-likeness (QED) is 0.348. The van der Waals surface area contributed by atoms with E-state index in [1.807, 2.05) is 0 Å². The lowest BCUT2D eigenvalue weighted by Crippen LogP contribution is -2.53. The fourth-order valence-electron chi connectivity index (χ4n) is 6.29. The Morgan fingerprint density at radius 1 is 1.10 bits per heavy atom. The number of nitrogens with one attached hydrogen (secondary N) is 3. The molecule has 1 amide bonds. The highest BCUT2D eigenvalue weighted by atomic mass is 16.2. The van der Waals surface area contributed by atoms with Crippen molar-refractivity contribution < 1.29 is 4.79 Å². The van der Waals surface area contributed by atoms with Gasteiger partial charge in [-0.3, -0.25) is 15.1 Å². The highest BCUT2D eigenvalue weighted by Crippen LogP contribution is 2.42. The fourth-order valence-corrected chi connectivity index (χ4v) is 6.29. The lowest BCUT2D eigenvalue weighted by atomic mass is 9.78. The smallest absolute Gasteiger partial charge is 0.237 e. The molecule has 2 saturated heterocycles. The van der Waals surface area contributed by atoms with E-state index in [0.29, 0.717) is 29.8 Å². The molecule has 29 heavy (non-hydrogen) atoms. The summed E-state index contributed by atoms with van der Waals surface area (Å²) in [5, 5.41) is 14.8. The maximum atomic E-state index is 13.3. The molecular formula is C22H40N6O. The van der Waals surface area contributed by atoms with Crippen LogP contribution in [0.15, 0.2) is 0 Å². The van der Waals surface area contributed by atoms with Gasteiger partial charge in [0.15, 0.2) is 0 Å². The highest BCUT2D eigenvalue weighted by Gasteiger charge is 2.48. The van der Waals surface area contributed by atoms with Gasteiger partial charge in [0, 0.05) is 30.6 Å². The SMILES string of the molecule is N=C(N)C1CCC2CC(C(=O)NC3CCC(N)CC3)N(CC3CCCNC3)C2C1. The van der Waals surface area contributed by atoms with E-state index in [4.69, 9.17) is 16.9 Å². The van der Waals surface area contributed by atoms with Crippen LogP contribution in [0.5, 0.6) is 0 Å². The number of rotatable bonds is 5. The second kappa shape index (κ2) is 9.31. The number of amides is 1. The minimum atomic E-state index is -0.0202. The Labute approximate surface area is 175 Å². The van der Waals surface area contributed by atoms with Crippen LogP contribution in [0.4, 0.5) is 0 Å². The molecule has 2 heterocycles. The summed E-state index contributed by atoms with van der Waals surface area (Å²) in [7, 11) is 0. The number of hydrogen-bond acceptors (Lipinski definition) is 5. The van der Waals surface area contributed by atoms with E-state index >= 15 is 0 Å².